The molecule has 9 heteroatoms. The number of aromatic nitrogens is 3. The first-order chi connectivity index (χ1) is 10.0. The average Bonchev–Trinajstić information content (AvgIpc) is 2.84. The number of nitrogens with zero attached hydrogens (tertiary/aromatic N) is 1. The molecule has 0 radical (unpaired) electrons. The number of thioether (sulfide) groups is 1. The number of hydrogen-bond donors (Lipinski definition) is 3. The number of benzene rings is 1. The Morgan fingerprint density at radius 1 is 1.38 bits per heavy atom. The second kappa shape index (κ2) is 7.02. The van der Waals surface area contributed by atoms with Crippen molar-refractivity contribution in [2.75, 3.05) is 12.8 Å². The van der Waals surface area contributed by atoms with Crippen molar-refractivity contribution < 1.29 is 4.79 Å². The molecular weight excluding hydrogens is 335 g/mol. The van der Waals surface area contributed by atoms with E-state index in [2.05, 4.69) is 20.5 Å². The summed E-state index contributed by atoms with van der Waals surface area (Å²) in [6, 6.07) is 3.20. The SMILES string of the molecule is CSc1cc(C(=O)NCCc2n[nH]c(=O)[nH]2)c(Cl)cc1Cl. The lowest BCUT2D eigenvalue weighted by Gasteiger charge is -2.09. The zero-order chi connectivity index (χ0) is 15.4. The van der Waals surface area contributed by atoms with Crippen LogP contribution in [0, 0.1) is 0 Å². The molecule has 1 aromatic carbocycles. The molecule has 112 valence electrons. The number of amides is 1. The number of carbonyl (C=O) groups is 1. The lowest BCUT2D eigenvalue weighted by atomic mass is 10.2. The molecule has 0 fully saturated rings. The molecular formula is C12H12Cl2N4O2S. The van der Waals surface area contributed by atoms with Crippen molar-refractivity contribution in [3.63, 3.8) is 0 Å². The summed E-state index contributed by atoms with van der Waals surface area (Å²) in [6.45, 7) is 0.327. The highest BCUT2D eigenvalue weighted by atomic mass is 35.5. The number of nitrogens with one attached hydrogen (secondary N) is 3. The van der Waals surface area contributed by atoms with Crippen LogP contribution in [0.4, 0.5) is 0 Å². The monoisotopic (exact) mass is 346 g/mol. The third-order valence-electron chi connectivity index (χ3n) is 2.68. The quantitative estimate of drug-likeness (QED) is 0.723. The first-order valence-corrected chi connectivity index (χ1v) is 7.94. The molecule has 2 aromatic rings. The molecule has 0 aliphatic carbocycles. The summed E-state index contributed by atoms with van der Waals surface area (Å²) in [4.78, 5) is 26.2. The van der Waals surface area contributed by atoms with Crippen molar-refractivity contribution in [1.82, 2.24) is 20.5 Å². The molecule has 6 nitrogen and oxygen atoms in total. The zero-order valence-corrected chi connectivity index (χ0v) is 13.3. The number of halogens is 2. The van der Waals surface area contributed by atoms with Gasteiger partial charge in [0.2, 0.25) is 0 Å². The Kier molecular flexibility index (Phi) is 5.33. The van der Waals surface area contributed by atoms with Gasteiger partial charge in [0, 0.05) is 17.9 Å². The second-order valence-electron chi connectivity index (χ2n) is 4.10. The van der Waals surface area contributed by atoms with E-state index in [1.165, 1.54) is 11.8 Å². The van der Waals surface area contributed by atoms with E-state index in [0.29, 0.717) is 34.4 Å². The highest BCUT2D eigenvalue weighted by Crippen LogP contribution is 2.31. The Labute approximate surface area is 134 Å². The van der Waals surface area contributed by atoms with Crippen molar-refractivity contribution >= 4 is 40.9 Å². The fourth-order valence-electron chi connectivity index (χ4n) is 1.67. The van der Waals surface area contributed by atoms with Crippen molar-refractivity contribution in [2.45, 2.75) is 11.3 Å². The minimum absolute atomic E-state index is 0.295. The van der Waals surface area contributed by atoms with Crippen LogP contribution in [0.15, 0.2) is 21.8 Å². The zero-order valence-electron chi connectivity index (χ0n) is 11.0. The number of hydrogen-bond acceptors (Lipinski definition) is 4. The van der Waals surface area contributed by atoms with Gasteiger partial charge in [0.15, 0.2) is 0 Å². The topological polar surface area (TPSA) is 90.6 Å². The summed E-state index contributed by atoms with van der Waals surface area (Å²) in [5.41, 5.74) is -0.0115. The molecule has 21 heavy (non-hydrogen) atoms. The van der Waals surface area contributed by atoms with Crippen molar-refractivity contribution in [2.24, 2.45) is 0 Å². The molecule has 3 N–H and O–H groups in total. The van der Waals surface area contributed by atoms with E-state index >= 15 is 0 Å². The lowest BCUT2D eigenvalue weighted by Crippen LogP contribution is -2.26. The normalized spacial score (nSPS) is 10.6. The van der Waals surface area contributed by atoms with Crippen LogP contribution in [-0.4, -0.2) is 33.9 Å². The highest BCUT2D eigenvalue weighted by molar-refractivity contribution is 7.98. The molecule has 0 saturated carbocycles. The maximum Gasteiger partial charge on any atom is 0.340 e. The summed E-state index contributed by atoms with van der Waals surface area (Å²) in [5.74, 6) is 0.178. The summed E-state index contributed by atoms with van der Waals surface area (Å²) in [7, 11) is 0. The summed E-state index contributed by atoms with van der Waals surface area (Å²) in [5, 5.41) is 9.53. The Morgan fingerprint density at radius 3 is 2.76 bits per heavy atom. The van der Waals surface area contributed by atoms with Crippen molar-refractivity contribution in [1.29, 1.82) is 0 Å². The number of aromatic amines is 2. The lowest BCUT2D eigenvalue weighted by molar-refractivity contribution is 0.0954. The number of rotatable bonds is 5. The van der Waals surface area contributed by atoms with Crippen LogP contribution in [0.3, 0.4) is 0 Å². The van der Waals surface area contributed by atoms with Gasteiger partial charge in [-0.05, 0) is 18.4 Å². The molecule has 0 aliphatic rings. The Bertz CT molecular complexity index is 714. The van der Waals surface area contributed by atoms with Crippen molar-refractivity contribution in [3.05, 3.63) is 44.1 Å². The van der Waals surface area contributed by atoms with Crippen LogP contribution in [0.5, 0.6) is 0 Å². The van der Waals surface area contributed by atoms with Gasteiger partial charge < -0.3 is 5.32 Å². The van der Waals surface area contributed by atoms with Crippen molar-refractivity contribution in [3.8, 4) is 0 Å². The van der Waals surface area contributed by atoms with Gasteiger partial charge in [-0.25, -0.2) is 9.89 Å². The van der Waals surface area contributed by atoms with Gasteiger partial charge in [-0.15, -0.1) is 11.8 Å². The van der Waals surface area contributed by atoms with Crippen LogP contribution in [0.2, 0.25) is 10.0 Å². The van der Waals surface area contributed by atoms with Crippen LogP contribution >= 0.6 is 35.0 Å². The van der Waals surface area contributed by atoms with Crippen LogP contribution in [0.1, 0.15) is 16.2 Å². The van der Waals surface area contributed by atoms with Crippen LogP contribution in [0.25, 0.3) is 0 Å². The molecule has 1 heterocycles. The van der Waals surface area contributed by atoms with E-state index in [-0.39, 0.29) is 11.6 Å². The maximum absolute atomic E-state index is 12.1. The van der Waals surface area contributed by atoms with E-state index in [1.54, 1.807) is 12.1 Å². The minimum atomic E-state index is -0.373. The third kappa shape index (κ3) is 4.03. The van der Waals surface area contributed by atoms with Gasteiger partial charge in [-0.3, -0.25) is 9.78 Å². The molecule has 0 atom stereocenters. The predicted molar refractivity (Wildman–Crippen MR) is 83.5 cm³/mol. The molecule has 0 aliphatic heterocycles. The second-order valence-corrected chi connectivity index (χ2v) is 5.76. The number of H-pyrrole nitrogens is 2. The Morgan fingerprint density at radius 2 is 2.14 bits per heavy atom. The standard InChI is InChI=1S/C12H12Cl2N4O2S/c1-21-9-4-6(7(13)5-8(9)14)11(19)15-3-2-10-16-12(20)18-17-10/h4-5H,2-3H2,1H3,(H,15,19)(H2,16,17,18,20). The smallest absolute Gasteiger partial charge is 0.340 e. The first kappa shape index (κ1) is 15.9. The first-order valence-electron chi connectivity index (χ1n) is 5.96. The average molecular weight is 347 g/mol. The summed E-state index contributed by atoms with van der Waals surface area (Å²) < 4.78 is 0. The van der Waals surface area contributed by atoms with Gasteiger partial charge in [0.1, 0.15) is 5.82 Å². The molecule has 0 bridgehead atoms. The van der Waals surface area contributed by atoms with Gasteiger partial charge in [-0.1, -0.05) is 23.2 Å². The van der Waals surface area contributed by atoms with Gasteiger partial charge in [-0.2, -0.15) is 5.10 Å². The highest BCUT2D eigenvalue weighted by Gasteiger charge is 2.13. The van der Waals surface area contributed by atoms with E-state index in [0.717, 1.165) is 4.90 Å². The van der Waals surface area contributed by atoms with Gasteiger partial charge >= 0.3 is 5.69 Å². The number of carbonyl (C=O) groups excluding carboxylic acids is 1. The summed E-state index contributed by atoms with van der Waals surface area (Å²) >= 11 is 13.5. The predicted octanol–water partition coefficient (Wildman–Crippen LogP) is 2.10. The van der Waals surface area contributed by atoms with Gasteiger partial charge in [0.05, 0.1) is 15.6 Å². The third-order valence-corrected chi connectivity index (χ3v) is 4.20. The van der Waals surface area contributed by atoms with Crippen LogP contribution < -0.4 is 11.0 Å². The Balaban J connectivity index is 2.01. The Hall–Kier alpha value is -1.44. The van der Waals surface area contributed by atoms with E-state index in [4.69, 9.17) is 23.2 Å². The fraction of sp³-hybridized carbons (Fsp3) is 0.250. The molecule has 1 amide bonds. The summed E-state index contributed by atoms with van der Waals surface area (Å²) in [6.07, 6.45) is 2.27. The van der Waals surface area contributed by atoms with E-state index in [9.17, 15) is 9.59 Å². The molecule has 2 rings (SSSR count). The molecule has 0 spiro atoms. The molecule has 0 unspecified atom stereocenters. The maximum atomic E-state index is 12.1. The van der Waals surface area contributed by atoms with E-state index in [1.807, 2.05) is 6.26 Å². The van der Waals surface area contributed by atoms with Gasteiger partial charge in [0.25, 0.3) is 5.91 Å². The molecule has 0 saturated heterocycles. The molecule has 1 aromatic heterocycles. The van der Waals surface area contributed by atoms with E-state index < -0.39 is 0 Å². The van der Waals surface area contributed by atoms with Crippen LogP contribution in [-0.2, 0) is 6.42 Å². The fourth-order valence-corrected chi connectivity index (χ4v) is 2.86. The minimum Gasteiger partial charge on any atom is -0.352 e. The largest absolute Gasteiger partial charge is 0.352 e.